The second kappa shape index (κ2) is 6.90. The van der Waals surface area contributed by atoms with E-state index in [0.29, 0.717) is 5.82 Å². The number of hydrogen-bond acceptors (Lipinski definition) is 6. The smallest absolute Gasteiger partial charge is 0.163 e. The molecule has 3 heterocycles. The molecule has 0 atom stereocenters. The van der Waals surface area contributed by atoms with E-state index in [-0.39, 0.29) is 0 Å². The Labute approximate surface area is 166 Å². The van der Waals surface area contributed by atoms with E-state index in [1.54, 1.807) is 23.7 Å². The van der Waals surface area contributed by atoms with E-state index in [2.05, 4.69) is 51.3 Å². The summed E-state index contributed by atoms with van der Waals surface area (Å²) in [6.45, 7) is 0. The lowest BCUT2D eigenvalue weighted by Gasteiger charge is -2.12. The lowest BCUT2D eigenvalue weighted by atomic mass is 10.1. The van der Waals surface area contributed by atoms with E-state index >= 15 is 0 Å². The Morgan fingerprint density at radius 1 is 0.929 bits per heavy atom. The Hall–Kier alpha value is -3.51. The maximum absolute atomic E-state index is 4.82. The van der Waals surface area contributed by atoms with Gasteiger partial charge in [0.25, 0.3) is 0 Å². The van der Waals surface area contributed by atoms with Crippen LogP contribution in [-0.4, -0.2) is 22.0 Å². The summed E-state index contributed by atoms with van der Waals surface area (Å²) >= 11 is 1.73. The summed E-state index contributed by atoms with van der Waals surface area (Å²) in [6, 6.07) is 18.4. The number of benzene rings is 2. The molecule has 0 saturated carbocycles. The fourth-order valence-electron chi connectivity index (χ4n) is 3.17. The fraction of sp³-hybridized carbons (Fsp3) is 0.0455. The molecule has 0 unspecified atom stereocenters. The molecular weight excluding hydrogens is 366 g/mol. The van der Waals surface area contributed by atoms with Crippen LogP contribution in [0.1, 0.15) is 0 Å². The van der Waals surface area contributed by atoms with Crippen molar-refractivity contribution >= 4 is 49.5 Å². The van der Waals surface area contributed by atoms with Crippen molar-refractivity contribution in [2.24, 2.45) is 0 Å². The molecule has 0 aliphatic rings. The molecule has 2 aromatic carbocycles. The maximum Gasteiger partial charge on any atom is 0.163 e. The van der Waals surface area contributed by atoms with Crippen molar-refractivity contribution in [3.8, 4) is 11.4 Å². The second-order valence-corrected chi connectivity index (χ2v) is 7.37. The van der Waals surface area contributed by atoms with Gasteiger partial charge in [-0.25, -0.2) is 9.97 Å². The summed E-state index contributed by atoms with van der Waals surface area (Å²) in [7, 11) is 1.91. The Morgan fingerprint density at radius 2 is 1.86 bits per heavy atom. The monoisotopic (exact) mass is 383 g/mol. The van der Waals surface area contributed by atoms with Gasteiger partial charge in [0.05, 0.1) is 5.52 Å². The van der Waals surface area contributed by atoms with Crippen molar-refractivity contribution in [3.05, 3.63) is 72.4 Å². The van der Waals surface area contributed by atoms with Gasteiger partial charge in [0.2, 0.25) is 0 Å². The lowest BCUT2D eigenvalue weighted by molar-refractivity contribution is 1.20. The highest BCUT2D eigenvalue weighted by Crippen LogP contribution is 2.31. The normalized spacial score (nSPS) is 11.0. The number of hydrogen-bond donors (Lipinski definition) is 2. The van der Waals surface area contributed by atoms with Gasteiger partial charge >= 0.3 is 0 Å². The number of nitrogens with one attached hydrogen (secondary N) is 2. The van der Waals surface area contributed by atoms with Crippen molar-refractivity contribution in [2.75, 3.05) is 17.7 Å². The largest absolute Gasteiger partial charge is 0.388 e. The fourth-order valence-corrected chi connectivity index (χ4v) is 4.00. The molecule has 0 fully saturated rings. The summed E-state index contributed by atoms with van der Waals surface area (Å²) in [5, 5.41) is 11.0. The number of thiophene rings is 1. The number of fused-ring (bicyclic) bond motifs is 2. The SMILES string of the molecule is CNc1ccc2nc(-c3cccnc3)nc(Nc3ccc4ccsc4c3)c2c1. The van der Waals surface area contributed by atoms with Gasteiger partial charge < -0.3 is 10.6 Å². The number of anilines is 3. The zero-order chi connectivity index (χ0) is 18.9. The third-order valence-electron chi connectivity index (χ3n) is 4.62. The van der Waals surface area contributed by atoms with Crippen LogP contribution < -0.4 is 10.6 Å². The van der Waals surface area contributed by atoms with E-state index < -0.39 is 0 Å². The first-order valence-electron chi connectivity index (χ1n) is 8.94. The van der Waals surface area contributed by atoms with Gasteiger partial charge in [0.1, 0.15) is 5.82 Å². The highest BCUT2D eigenvalue weighted by atomic mass is 32.1. The van der Waals surface area contributed by atoms with Crippen LogP contribution in [0, 0.1) is 0 Å². The first kappa shape index (κ1) is 16.6. The second-order valence-electron chi connectivity index (χ2n) is 6.42. The standard InChI is InChI=1S/C22H17N5S/c1-23-16-6-7-19-18(11-16)22(27-21(26-19)15-3-2-9-24-13-15)25-17-5-4-14-8-10-28-20(14)12-17/h2-13,23H,1H3,(H,25,26,27). The molecule has 5 nitrogen and oxygen atoms in total. The highest BCUT2D eigenvalue weighted by Gasteiger charge is 2.11. The molecule has 0 aliphatic heterocycles. The minimum Gasteiger partial charge on any atom is -0.388 e. The molecule has 5 rings (SSSR count). The third-order valence-corrected chi connectivity index (χ3v) is 5.50. The summed E-state index contributed by atoms with van der Waals surface area (Å²) in [6.07, 6.45) is 3.53. The predicted octanol–water partition coefficient (Wildman–Crippen LogP) is 5.69. The van der Waals surface area contributed by atoms with Crippen LogP contribution in [0.25, 0.3) is 32.4 Å². The van der Waals surface area contributed by atoms with Gasteiger partial charge in [-0.05, 0) is 59.3 Å². The number of nitrogens with zero attached hydrogens (tertiary/aromatic N) is 3. The lowest BCUT2D eigenvalue weighted by Crippen LogP contribution is -2.00. The van der Waals surface area contributed by atoms with Crippen molar-refractivity contribution in [1.29, 1.82) is 0 Å². The van der Waals surface area contributed by atoms with Crippen molar-refractivity contribution in [2.45, 2.75) is 0 Å². The van der Waals surface area contributed by atoms with E-state index in [0.717, 1.165) is 33.7 Å². The first-order chi connectivity index (χ1) is 13.8. The zero-order valence-corrected chi connectivity index (χ0v) is 16.0. The molecule has 0 spiro atoms. The zero-order valence-electron chi connectivity index (χ0n) is 15.2. The van der Waals surface area contributed by atoms with Crippen LogP contribution in [0.15, 0.2) is 72.4 Å². The Bertz CT molecular complexity index is 1280. The first-order valence-corrected chi connectivity index (χ1v) is 9.82. The van der Waals surface area contributed by atoms with Gasteiger partial charge in [-0.3, -0.25) is 4.98 Å². The summed E-state index contributed by atoms with van der Waals surface area (Å²) in [4.78, 5) is 13.8. The number of aromatic nitrogens is 3. The highest BCUT2D eigenvalue weighted by molar-refractivity contribution is 7.17. The van der Waals surface area contributed by atoms with Crippen LogP contribution >= 0.6 is 11.3 Å². The van der Waals surface area contributed by atoms with Gasteiger partial charge in [0, 0.05) is 46.5 Å². The van der Waals surface area contributed by atoms with Crippen molar-refractivity contribution < 1.29 is 0 Å². The average molecular weight is 383 g/mol. The van der Waals surface area contributed by atoms with Crippen LogP contribution in [0.5, 0.6) is 0 Å². The van der Waals surface area contributed by atoms with E-state index in [1.807, 2.05) is 31.3 Å². The number of rotatable bonds is 4. The Morgan fingerprint density at radius 3 is 2.71 bits per heavy atom. The number of pyridine rings is 1. The van der Waals surface area contributed by atoms with Gasteiger partial charge in [0.15, 0.2) is 5.82 Å². The predicted molar refractivity (Wildman–Crippen MR) is 117 cm³/mol. The molecule has 136 valence electrons. The molecule has 5 aromatic rings. The summed E-state index contributed by atoms with van der Waals surface area (Å²) in [5.74, 6) is 1.43. The minimum absolute atomic E-state index is 0.650. The molecule has 0 radical (unpaired) electrons. The Balaban J connectivity index is 1.67. The van der Waals surface area contributed by atoms with Gasteiger partial charge in [-0.15, -0.1) is 11.3 Å². The van der Waals surface area contributed by atoms with Crippen LogP contribution in [0.3, 0.4) is 0 Å². The summed E-state index contributed by atoms with van der Waals surface area (Å²) < 4.78 is 1.24. The molecule has 6 heteroatoms. The van der Waals surface area contributed by atoms with Crippen molar-refractivity contribution in [1.82, 2.24) is 15.0 Å². The topological polar surface area (TPSA) is 62.7 Å². The molecule has 2 N–H and O–H groups in total. The molecule has 0 amide bonds. The van der Waals surface area contributed by atoms with Crippen LogP contribution in [0.4, 0.5) is 17.2 Å². The van der Waals surface area contributed by atoms with Gasteiger partial charge in [-0.2, -0.15) is 0 Å². The molecule has 0 bridgehead atoms. The van der Waals surface area contributed by atoms with E-state index in [1.165, 1.54) is 10.1 Å². The third kappa shape index (κ3) is 3.04. The average Bonchev–Trinajstić information content (AvgIpc) is 3.22. The molecule has 3 aromatic heterocycles. The quantitative estimate of drug-likeness (QED) is 0.417. The van der Waals surface area contributed by atoms with E-state index in [4.69, 9.17) is 9.97 Å². The molecule has 0 aliphatic carbocycles. The maximum atomic E-state index is 4.82. The molecular formula is C22H17N5S. The Kier molecular flexibility index (Phi) is 4.10. The van der Waals surface area contributed by atoms with Crippen molar-refractivity contribution in [3.63, 3.8) is 0 Å². The van der Waals surface area contributed by atoms with Crippen LogP contribution in [0.2, 0.25) is 0 Å². The molecule has 0 saturated heterocycles. The van der Waals surface area contributed by atoms with E-state index in [9.17, 15) is 0 Å². The minimum atomic E-state index is 0.650. The summed E-state index contributed by atoms with van der Waals surface area (Å²) in [5.41, 5.74) is 3.79. The van der Waals surface area contributed by atoms with Gasteiger partial charge in [-0.1, -0.05) is 6.07 Å². The molecule has 28 heavy (non-hydrogen) atoms. The van der Waals surface area contributed by atoms with Crippen LogP contribution in [-0.2, 0) is 0 Å².